The summed E-state index contributed by atoms with van der Waals surface area (Å²) in [6, 6.07) is 11.5. The molecule has 1 N–H and O–H groups in total. The highest BCUT2D eigenvalue weighted by molar-refractivity contribution is 7.80. The number of likely N-dealkylation sites (N-methyl/N-ethyl adjacent to an activating group) is 1. The van der Waals surface area contributed by atoms with Crippen molar-refractivity contribution in [2.75, 3.05) is 24.0 Å². The topological polar surface area (TPSA) is 61.9 Å². The molecule has 0 radical (unpaired) electrons. The van der Waals surface area contributed by atoms with E-state index in [-0.39, 0.29) is 16.2 Å². The van der Waals surface area contributed by atoms with Crippen LogP contribution < -0.4 is 19.9 Å². The van der Waals surface area contributed by atoms with E-state index in [0.29, 0.717) is 17.0 Å². The van der Waals surface area contributed by atoms with Crippen LogP contribution >= 0.6 is 12.2 Å². The van der Waals surface area contributed by atoms with Gasteiger partial charge in [0.1, 0.15) is 11.3 Å². The Morgan fingerprint density at radius 1 is 1.15 bits per heavy atom. The van der Waals surface area contributed by atoms with Crippen LogP contribution in [-0.2, 0) is 16.0 Å². The van der Waals surface area contributed by atoms with Crippen molar-refractivity contribution in [2.45, 2.75) is 39.7 Å². The smallest absolute Gasteiger partial charge is 0.270 e. The summed E-state index contributed by atoms with van der Waals surface area (Å²) >= 11 is 5.38. The van der Waals surface area contributed by atoms with Crippen LogP contribution in [0, 0.1) is 0 Å². The molecule has 2 aromatic rings. The number of fused-ring (bicyclic) bond motifs is 1. The van der Waals surface area contributed by atoms with Gasteiger partial charge < -0.3 is 9.64 Å². The number of para-hydroxylation sites is 1. The monoisotopic (exact) mass is 475 g/mol. The number of carbonyl (C=O) groups excluding carboxylic acids is 2. The first-order valence-corrected chi connectivity index (χ1v) is 11.6. The number of hydrogen-bond donors (Lipinski definition) is 1. The molecule has 0 bridgehead atoms. The van der Waals surface area contributed by atoms with E-state index < -0.39 is 11.8 Å². The van der Waals surface area contributed by atoms with Crippen molar-refractivity contribution < 1.29 is 14.3 Å². The van der Waals surface area contributed by atoms with E-state index in [1.54, 1.807) is 13.2 Å². The third-order valence-corrected chi connectivity index (χ3v) is 6.87. The van der Waals surface area contributed by atoms with Crippen LogP contribution in [0.4, 0.5) is 11.4 Å². The number of amides is 2. The molecular weight excluding hydrogens is 446 g/mol. The summed E-state index contributed by atoms with van der Waals surface area (Å²) in [5.74, 6) is -0.400. The summed E-state index contributed by atoms with van der Waals surface area (Å²) < 4.78 is 5.67. The van der Waals surface area contributed by atoms with E-state index in [0.717, 1.165) is 28.8 Å². The number of benzene rings is 2. The highest BCUT2D eigenvalue weighted by atomic mass is 32.1. The standard InChI is InChI=1S/C27H29N3O3S/c1-7-17-10-8-9-11-21(17)30-25(32)20(24(31)28-26(30)34)13-18-12-19-16(2)15-27(3,4)29(5)22(19)14-23(18)33-6/h8-15H,7H2,1-6H3,(H,28,31,34)/b20-13-. The lowest BCUT2D eigenvalue weighted by Crippen LogP contribution is -2.54. The van der Waals surface area contributed by atoms with Gasteiger partial charge in [-0.1, -0.05) is 31.2 Å². The number of nitrogens with one attached hydrogen (secondary N) is 1. The lowest BCUT2D eigenvalue weighted by atomic mass is 9.88. The van der Waals surface area contributed by atoms with Crippen molar-refractivity contribution in [3.8, 4) is 5.75 Å². The van der Waals surface area contributed by atoms with E-state index in [2.05, 4.69) is 37.1 Å². The fourth-order valence-corrected chi connectivity index (χ4v) is 4.82. The first-order valence-electron chi connectivity index (χ1n) is 11.2. The summed E-state index contributed by atoms with van der Waals surface area (Å²) in [5, 5.41) is 2.75. The quantitative estimate of drug-likeness (QED) is 0.394. The van der Waals surface area contributed by atoms with Gasteiger partial charge >= 0.3 is 0 Å². The molecule has 0 aliphatic carbocycles. The van der Waals surface area contributed by atoms with E-state index >= 15 is 0 Å². The number of methoxy groups -OCH3 is 1. The van der Waals surface area contributed by atoms with Crippen LogP contribution in [0.5, 0.6) is 5.75 Å². The number of nitrogens with zero attached hydrogens (tertiary/aromatic N) is 2. The fraction of sp³-hybridized carbons (Fsp3) is 0.296. The van der Waals surface area contributed by atoms with Crippen LogP contribution in [0.3, 0.4) is 0 Å². The molecule has 2 heterocycles. The molecule has 0 saturated carbocycles. The van der Waals surface area contributed by atoms with Crippen molar-refractivity contribution in [3.63, 3.8) is 0 Å². The zero-order valence-electron chi connectivity index (χ0n) is 20.4. The highest BCUT2D eigenvalue weighted by Gasteiger charge is 2.36. The molecule has 0 atom stereocenters. The maximum absolute atomic E-state index is 13.6. The second-order valence-electron chi connectivity index (χ2n) is 9.09. The van der Waals surface area contributed by atoms with Crippen molar-refractivity contribution in [1.29, 1.82) is 0 Å². The lowest BCUT2D eigenvalue weighted by Gasteiger charge is -2.41. The number of aryl methyl sites for hydroxylation is 1. The summed E-state index contributed by atoms with van der Waals surface area (Å²) in [6.07, 6.45) is 4.52. The first-order chi connectivity index (χ1) is 16.1. The molecule has 0 spiro atoms. The van der Waals surface area contributed by atoms with Gasteiger partial charge in [-0.25, -0.2) is 0 Å². The average Bonchev–Trinajstić information content (AvgIpc) is 2.80. The van der Waals surface area contributed by atoms with Gasteiger partial charge in [-0.05, 0) is 68.8 Å². The Balaban J connectivity index is 1.83. The Morgan fingerprint density at radius 3 is 2.53 bits per heavy atom. The van der Waals surface area contributed by atoms with Gasteiger partial charge in [-0.15, -0.1) is 0 Å². The van der Waals surface area contributed by atoms with Gasteiger partial charge in [0.2, 0.25) is 0 Å². The molecule has 7 heteroatoms. The Labute approximate surface area is 205 Å². The number of allylic oxidation sites excluding steroid dienone is 1. The van der Waals surface area contributed by atoms with Gasteiger partial charge in [-0.3, -0.25) is 19.8 Å². The fourth-order valence-electron chi connectivity index (χ4n) is 4.54. The normalized spacial score (nSPS) is 18.6. The van der Waals surface area contributed by atoms with E-state index in [4.69, 9.17) is 17.0 Å². The highest BCUT2D eigenvalue weighted by Crippen LogP contribution is 2.42. The van der Waals surface area contributed by atoms with Crippen LogP contribution in [0.25, 0.3) is 11.6 Å². The summed E-state index contributed by atoms with van der Waals surface area (Å²) in [6.45, 7) is 8.38. The zero-order chi connectivity index (χ0) is 24.8. The molecule has 1 fully saturated rings. The second kappa shape index (κ2) is 8.72. The molecule has 6 nitrogen and oxygen atoms in total. The Bertz CT molecular complexity index is 1280. The van der Waals surface area contributed by atoms with Gasteiger partial charge in [0.05, 0.1) is 18.3 Å². The molecule has 2 aliphatic heterocycles. The number of anilines is 2. The van der Waals surface area contributed by atoms with Gasteiger partial charge in [-0.2, -0.15) is 0 Å². The number of rotatable bonds is 4. The summed E-state index contributed by atoms with van der Waals surface area (Å²) in [5.41, 5.74) is 5.33. The zero-order valence-corrected chi connectivity index (χ0v) is 21.2. The third kappa shape index (κ3) is 3.90. The van der Waals surface area contributed by atoms with Crippen LogP contribution in [-0.4, -0.2) is 36.6 Å². The maximum Gasteiger partial charge on any atom is 0.270 e. The molecule has 176 valence electrons. The van der Waals surface area contributed by atoms with Gasteiger partial charge in [0.25, 0.3) is 11.8 Å². The van der Waals surface area contributed by atoms with E-state index in [1.807, 2.05) is 50.4 Å². The minimum absolute atomic E-state index is 0.00360. The first kappa shape index (κ1) is 23.7. The van der Waals surface area contributed by atoms with Crippen LogP contribution in [0.2, 0.25) is 0 Å². The van der Waals surface area contributed by atoms with Crippen molar-refractivity contribution in [2.24, 2.45) is 0 Å². The maximum atomic E-state index is 13.6. The molecule has 34 heavy (non-hydrogen) atoms. The number of carbonyl (C=O) groups is 2. The molecule has 2 aromatic carbocycles. The average molecular weight is 476 g/mol. The molecule has 0 unspecified atom stereocenters. The second-order valence-corrected chi connectivity index (χ2v) is 9.48. The van der Waals surface area contributed by atoms with Crippen LogP contribution in [0.15, 0.2) is 48.0 Å². The van der Waals surface area contributed by atoms with Crippen LogP contribution in [0.1, 0.15) is 44.4 Å². The number of thiocarbonyl (C=S) groups is 1. The Morgan fingerprint density at radius 2 is 1.85 bits per heavy atom. The SMILES string of the molecule is CCc1ccccc1N1C(=O)/C(=C\c2cc3c(cc2OC)N(C)C(C)(C)C=C3C)C(=O)NC1=S. The number of hydrogen-bond acceptors (Lipinski definition) is 5. The Kier molecular flexibility index (Phi) is 6.08. The third-order valence-electron chi connectivity index (χ3n) is 6.58. The van der Waals surface area contributed by atoms with Crippen molar-refractivity contribution in [1.82, 2.24) is 5.32 Å². The largest absolute Gasteiger partial charge is 0.496 e. The molecular formula is C27H29N3O3S. The van der Waals surface area contributed by atoms with E-state index in [1.165, 1.54) is 4.90 Å². The summed E-state index contributed by atoms with van der Waals surface area (Å²) in [4.78, 5) is 30.0. The lowest BCUT2D eigenvalue weighted by molar-refractivity contribution is -0.122. The van der Waals surface area contributed by atoms with E-state index in [9.17, 15) is 9.59 Å². The minimum Gasteiger partial charge on any atom is -0.496 e. The van der Waals surface area contributed by atoms with Gasteiger partial charge in [0.15, 0.2) is 5.11 Å². The molecule has 2 aliphatic rings. The van der Waals surface area contributed by atoms with Gasteiger partial charge in [0, 0.05) is 29.9 Å². The molecule has 0 aromatic heterocycles. The predicted molar refractivity (Wildman–Crippen MR) is 141 cm³/mol. The Hall–Kier alpha value is -3.45. The minimum atomic E-state index is -0.523. The predicted octanol–water partition coefficient (Wildman–Crippen LogP) is 4.72. The number of ether oxygens (including phenoxy) is 1. The molecule has 2 amide bonds. The van der Waals surface area contributed by atoms with Crippen molar-refractivity contribution in [3.05, 3.63) is 64.7 Å². The van der Waals surface area contributed by atoms with Crippen molar-refractivity contribution >= 4 is 52.2 Å². The molecule has 4 rings (SSSR count). The summed E-state index contributed by atoms with van der Waals surface area (Å²) in [7, 11) is 3.63. The molecule has 1 saturated heterocycles.